The van der Waals surface area contributed by atoms with E-state index in [4.69, 9.17) is 0 Å². The van der Waals surface area contributed by atoms with E-state index in [9.17, 15) is 4.79 Å². The molecule has 0 atom stereocenters. The molecule has 22 heavy (non-hydrogen) atoms. The first kappa shape index (κ1) is 15.9. The predicted molar refractivity (Wildman–Crippen MR) is 90.7 cm³/mol. The van der Waals surface area contributed by atoms with Crippen molar-refractivity contribution in [1.82, 2.24) is 9.97 Å². The second kappa shape index (κ2) is 6.13. The van der Waals surface area contributed by atoms with Crippen molar-refractivity contribution in [2.24, 2.45) is 5.10 Å². The summed E-state index contributed by atoms with van der Waals surface area (Å²) in [5.41, 5.74) is 6.29. The normalized spacial score (nSPS) is 11.9. The molecular weight excluding hydrogens is 276 g/mol. The van der Waals surface area contributed by atoms with Gasteiger partial charge in [-0.25, -0.2) is 10.4 Å². The van der Waals surface area contributed by atoms with Crippen LogP contribution in [0, 0.1) is 13.8 Å². The second-order valence-corrected chi connectivity index (χ2v) is 6.37. The van der Waals surface area contributed by atoms with Crippen LogP contribution in [0.4, 0.5) is 5.95 Å². The van der Waals surface area contributed by atoms with Gasteiger partial charge < -0.3 is 0 Å². The van der Waals surface area contributed by atoms with Crippen molar-refractivity contribution >= 4 is 12.2 Å². The highest BCUT2D eigenvalue weighted by Gasteiger charge is 2.12. The molecular formula is C17H22N4O. The number of hydrogen-bond acceptors (Lipinski definition) is 4. The minimum absolute atomic E-state index is 0.136. The van der Waals surface area contributed by atoms with Crippen molar-refractivity contribution in [3.8, 4) is 0 Å². The number of rotatable bonds is 3. The van der Waals surface area contributed by atoms with Crippen LogP contribution in [0.15, 0.2) is 34.2 Å². The third-order valence-corrected chi connectivity index (χ3v) is 3.56. The quantitative estimate of drug-likeness (QED) is 0.675. The Morgan fingerprint density at radius 3 is 2.36 bits per heavy atom. The minimum atomic E-state index is -0.153. The molecule has 0 aliphatic rings. The predicted octanol–water partition coefficient (Wildman–Crippen LogP) is 3.13. The Bertz CT molecular complexity index is 737. The van der Waals surface area contributed by atoms with Crippen LogP contribution in [0.25, 0.3) is 0 Å². The zero-order valence-corrected chi connectivity index (χ0v) is 13.7. The summed E-state index contributed by atoms with van der Waals surface area (Å²) in [6.07, 6.45) is 1.70. The first-order chi connectivity index (χ1) is 10.3. The maximum atomic E-state index is 11.6. The second-order valence-electron chi connectivity index (χ2n) is 6.37. The molecule has 0 spiro atoms. The Kier molecular flexibility index (Phi) is 4.45. The van der Waals surface area contributed by atoms with E-state index in [1.807, 2.05) is 12.1 Å². The Labute approximate surface area is 130 Å². The van der Waals surface area contributed by atoms with Crippen LogP contribution in [0.3, 0.4) is 0 Å². The van der Waals surface area contributed by atoms with Gasteiger partial charge in [-0.05, 0) is 30.4 Å². The number of nitrogens with zero attached hydrogens (tertiary/aromatic N) is 2. The molecule has 116 valence electrons. The first-order valence-corrected chi connectivity index (χ1v) is 7.24. The van der Waals surface area contributed by atoms with E-state index in [2.05, 4.69) is 53.4 Å². The van der Waals surface area contributed by atoms with Gasteiger partial charge in [-0.2, -0.15) is 5.10 Å². The largest absolute Gasteiger partial charge is 0.291 e. The Morgan fingerprint density at radius 1 is 1.18 bits per heavy atom. The molecule has 0 amide bonds. The van der Waals surface area contributed by atoms with E-state index in [-0.39, 0.29) is 11.0 Å². The molecule has 2 aromatic rings. The minimum Gasteiger partial charge on any atom is -0.291 e. The average molecular weight is 298 g/mol. The van der Waals surface area contributed by atoms with Gasteiger partial charge in [-0.3, -0.25) is 9.78 Å². The van der Waals surface area contributed by atoms with Crippen LogP contribution in [-0.2, 0) is 5.41 Å². The van der Waals surface area contributed by atoms with Gasteiger partial charge in [-0.15, -0.1) is 0 Å². The van der Waals surface area contributed by atoms with Crippen LogP contribution in [0.1, 0.15) is 43.2 Å². The Balaban J connectivity index is 2.08. The lowest BCUT2D eigenvalue weighted by Crippen LogP contribution is -2.15. The molecule has 0 fully saturated rings. The zero-order valence-electron chi connectivity index (χ0n) is 13.7. The molecule has 1 heterocycles. The van der Waals surface area contributed by atoms with Crippen LogP contribution in [-0.4, -0.2) is 16.2 Å². The van der Waals surface area contributed by atoms with Crippen LogP contribution in [0.2, 0.25) is 0 Å². The molecule has 1 aromatic carbocycles. The number of hydrazone groups is 1. The summed E-state index contributed by atoms with van der Waals surface area (Å²) in [5, 5.41) is 4.11. The van der Waals surface area contributed by atoms with E-state index in [0.717, 1.165) is 5.56 Å². The molecule has 5 nitrogen and oxygen atoms in total. The van der Waals surface area contributed by atoms with Crippen LogP contribution >= 0.6 is 0 Å². The van der Waals surface area contributed by atoms with Gasteiger partial charge >= 0.3 is 0 Å². The molecule has 0 unspecified atom stereocenters. The van der Waals surface area contributed by atoms with Crippen molar-refractivity contribution in [2.75, 3.05) is 5.43 Å². The standard InChI is InChI=1S/C17H22N4O/c1-11-12(2)19-16(20-15(11)22)21-18-10-13-6-8-14(9-7-13)17(3,4)5/h6-10H,1-5H3,(H2,19,20,21,22)/b18-10-. The van der Waals surface area contributed by atoms with E-state index in [1.165, 1.54) is 5.56 Å². The highest BCUT2D eigenvalue weighted by molar-refractivity contribution is 5.80. The fourth-order valence-electron chi connectivity index (χ4n) is 1.94. The fourth-order valence-corrected chi connectivity index (χ4v) is 1.94. The van der Waals surface area contributed by atoms with Crippen LogP contribution in [0.5, 0.6) is 0 Å². The zero-order chi connectivity index (χ0) is 16.3. The van der Waals surface area contributed by atoms with Crippen molar-refractivity contribution in [1.29, 1.82) is 0 Å². The summed E-state index contributed by atoms with van der Waals surface area (Å²) in [6.45, 7) is 10.1. The fraction of sp³-hybridized carbons (Fsp3) is 0.353. The van der Waals surface area contributed by atoms with E-state index < -0.39 is 0 Å². The number of aromatic nitrogens is 2. The van der Waals surface area contributed by atoms with E-state index in [1.54, 1.807) is 20.1 Å². The summed E-state index contributed by atoms with van der Waals surface area (Å²) in [5.74, 6) is 0.343. The molecule has 5 heteroatoms. The van der Waals surface area contributed by atoms with Crippen molar-refractivity contribution in [2.45, 2.75) is 40.0 Å². The van der Waals surface area contributed by atoms with Gasteiger partial charge in [0.1, 0.15) is 0 Å². The highest BCUT2D eigenvalue weighted by Crippen LogP contribution is 2.21. The molecule has 0 bridgehead atoms. The third kappa shape index (κ3) is 3.81. The number of anilines is 1. The smallest absolute Gasteiger partial charge is 0.255 e. The maximum absolute atomic E-state index is 11.6. The summed E-state index contributed by atoms with van der Waals surface area (Å²) in [7, 11) is 0. The topological polar surface area (TPSA) is 70.1 Å². The summed E-state index contributed by atoms with van der Waals surface area (Å²) < 4.78 is 0. The molecule has 0 saturated carbocycles. The summed E-state index contributed by atoms with van der Waals surface area (Å²) >= 11 is 0. The van der Waals surface area contributed by atoms with E-state index >= 15 is 0 Å². The molecule has 2 rings (SSSR count). The molecule has 0 saturated heterocycles. The highest BCUT2D eigenvalue weighted by atomic mass is 16.1. The lowest BCUT2D eigenvalue weighted by atomic mass is 9.87. The van der Waals surface area contributed by atoms with Gasteiger partial charge in [0.25, 0.3) is 5.56 Å². The maximum Gasteiger partial charge on any atom is 0.255 e. The van der Waals surface area contributed by atoms with Crippen molar-refractivity contribution in [3.63, 3.8) is 0 Å². The lowest BCUT2D eigenvalue weighted by Gasteiger charge is -2.18. The summed E-state index contributed by atoms with van der Waals surface area (Å²) in [4.78, 5) is 18.5. The molecule has 0 aliphatic heterocycles. The molecule has 2 N–H and O–H groups in total. The van der Waals surface area contributed by atoms with Gasteiger partial charge in [0.15, 0.2) is 0 Å². The molecule has 1 aromatic heterocycles. The van der Waals surface area contributed by atoms with Gasteiger partial charge in [0.05, 0.1) is 6.21 Å². The number of aromatic amines is 1. The van der Waals surface area contributed by atoms with E-state index in [0.29, 0.717) is 17.2 Å². The van der Waals surface area contributed by atoms with Gasteiger partial charge in [0, 0.05) is 11.3 Å². The lowest BCUT2D eigenvalue weighted by molar-refractivity contribution is 0.590. The number of aryl methyl sites for hydroxylation is 1. The van der Waals surface area contributed by atoms with Gasteiger partial charge in [-0.1, -0.05) is 45.0 Å². The number of hydrogen-bond donors (Lipinski definition) is 2. The molecule has 0 aliphatic carbocycles. The van der Waals surface area contributed by atoms with Crippen LogP contribution < -0.4 is 11.0 Å². The number of benzene rings is 1. The molecule has 0 radical (unpaired) electrons. The Hall–Kier alpha value is -2.43. The SMILES string of the molecule is Cc1nc(N/N=C\c2ccc(C(C)(C)C)cc2)[nH]c(=O)c1C. The van der Waals surface area contributed by atoms with Gasteiger partial charge in [0.2, 0.25) is 5.95 Å². The Morgan fingerprint density at radius 2 is 1.82 bits per heavy atom. The van der Waals surface area contributed by atoms with Crippen molar-refractivity contribution < 1.29 is 0 Å². The monoisotopic (exact) mass is 298 g/mol. The van der Waals surface area contributed by atoms with Crippen molar-refractivity contribution in [3.05, 3.63) is 57.0 Å². The number of H-pyrrole nitrogens is 1. The first-order valence-electron chi connectivity index (χ1n) is 7.24. The average Bonchev–Trinajstić information content (AvgIpc) is 2.44. The summed E-state index contributed by atoms with van der Waals surface area (Å²) in [6, 6.07) is 8.22. The number of nitrogens with one attached hydrogen (secondary N) is 2. The third-order valence-electron chi connectivity index (χ3n) is 3.56.